The Morgan fingerprint density at radius 2 is 1.97 bits per heavy atom. The van der Waals surface area contributed by atoms with Crippen molar-refractivity contribution >= 4 is 44.9 Å². The third-order valence-corrected chi connectivity index (χ3v) is 5.89. The van der Waals surface area contributed by atoms with Crippen LogP contribution in [0.1, 0.15) is 27.7 Å². The number of rotatable bonds is 3. The molecule has 0 bridgehead atoms. The van der Waals surface area contributed by atoms with Gasteiger partial charge < -0.3 is 9.15 Å². The molecule has 0 N–H and O–H groups in total. The number of fused-ring (bicyclic) bond motifs is 2. The van der Waals surface area contributed by atoms with E-state index in [-0.39, 0.29) is 16.8 Å². The van der Waals surface area contributed by atoms with E-state index >= 15 is 0 Å². The second kappa shape index (κ2) is 6.72. The summed E-state index contributed by atoms with van der Waals surface area (Å²) in [4.78, 5) is 32.5. The van der Waals surface area contributed by atoms with Crippen molar-refractivity contribution in [3.8, 4) is 5.75 Å². The Hall–Kier alpha value is -3.16. The fourth-order valence-corrected chi connectivity index (χ4v) is 4.42. The highest BCUT2D eigenvalue weighted by atomic mass is 35.5. The Labute approximate surface area is 173 Å². The number of nitrogens with zero attached hydrogens (tertiary/aromatic N) is 2. The summed E-state index contributed by atoms with van der Waals surface area (Å²) in [6.45, 7) is 0. The lowest BCUT2D eigenvalue weighted by molar-refractivity contribution is 0.0971. The fraction of sp³-hybridized carbons (Fsp3) is 0.0952. The first-order chi connectivity index (χ1) is 14.1. The monoisotopic (exact) mass is 424 g/mol. The quantitative estimate of drug-likeness (QED) is 0.478. The van der Waals surface area contributed by atoms with Gasteiger partial charge in [-0.25, -0.2) is 4.98 Å². The molecule has 8 heteroatoms. The van der Waals surface area contributed by atoms with Crippen LogP contribution in [0.3, 0.4) is 0 Å². The van der Waals surface area contributed by atoms with E-state index < -0.39 is 11.9 Å². The van der Waals surface area contributed by atoms with Crippen LogP contribution in [-0.4, -0.2) is 18.0 Å². The first kappa shape index (κ1) is 17.9. The molecule has 0 aliphatic carbocycles. The molecule has 4 aromatic rings. The number of thiazole rings is 1. The number of hydrogen-bond acceptors (Lipinski definition) is 6. The molecule has 0 saturated carbocycles. The lowest BCUT2D eigenvalue weighted by Gasteiger charge is -2.22. The lowest BCUT2D eigenvalue weighted by Crippen LogP contribution is -2.29. The number of benzene rings is 2. The SMILES string of the molecule is COc1ccc(C2c3c(oc4ccc(Cl)cc4c3=O)C(=O)N2c2nccs2)cc1. The molecule has 1 amide bonds. The zero-order chi connectivity index (χ0) is 20.1. The minimum Gasteiger partial charge on any atom is -0.497 e. The number of halogens is 1. The van der Waals surface area contributed by atoms with E-state index in [1.54, 1.807) is 49.0 Å². The summed E-state index contributed by atoms with van der Waals surface area (Å²) in [5.74, 6) is 0.307. The predicted octanol–water partition coefficient (Wildman–Crippen LogP) is 4.66. The van der Waals surface area contributed by atoms with Crippen LogP contribution in [-0.2, 0) is 0 Å². The fourth-order valence-electron chi connectivity index (χ4n) is 3.58. The van der Waals surface area contributed by atoms with Gasteiger partial charge >= 0.3 is 0 Å². The number of carbonyl (C=O) groups is 1. The van der Waals surface area contributed by atoms with Gasteiger partial charge in [0, 0.05) is 16.6 Å². The normalized spacial score (nSPS) is 15.7. The van der Waals surface area contributed by atoms with E-state index in [1.807, 2.05) is 12.1 Å². The van der Waals surface area contributed by atoms with Gasteiger partial charge in [0.1, 0.15) is 11.3 Å². The van der Waals surface area contributed by atoms with E-state index in [0.717, 1.165) is 5.56 Å². The summed E-state index contributed by atoms with van der Waals surface area (Å²) in [6.07, 6.45) is 1.62. The Kier molecular flexibility index (Phi) is 4.15. The molecule has 0 spiro atoms. The van der Waals surface area contributed by atoms with Crippen LogP contribution in [0.15, 0.2) is 63.3 Å². The van der Waals surface area contributed by atoms with Crippen LogP contribution >= 0.6 is 22.9 Å². The van der Waals surface area contributed by atoms with E-state index in [2.05, 4.69) is 4.98 Å². The zero-order valence-corrected chi connectivity index (χ0v) is 16.7. The van der Waals surface area contributed by atoms with E-state index in [4.69, 9.17) is 20.8 Å². The van der Waals surface area contributed by atoms with Gasteiger partial charge in [-0.3, -0.25) is 14.5 Å². The van der Waals surface area contributed by atoms with Crippen LogP contribution < -0.4 is 15.1 Å². The summed E-state index contributed by atoms with van der Waals surface area (Å²) in [5, 5.41) is 3.03. The number of amides is 1. The van der Waals surface area contributed by atoms with Crippen LogP contribution in [0.4, 0.5) is 5.13 Å². The molecule has 6 nitrogen and oxygen atoms in total. The van der Waals surface area contributed by atoms with Gasteiger partial charge in [-0.05, 0) is 35.9 Å². The molecule has 1 unspecified atom stereocenters. The van der Waals surface area contributed by atoms with Crippen LogP contribution in [0, 0.1) is 0 Å². The average Bonchev–Trinajstić information content (AvgIpc) is 3.35. The second-order valence-electron chi connectivity index (χ2n) is 6.48. The van der Waals surface area contributed by atoms with Crippen molar-refractivity contribution in [1.29, 1.82) is 0 Å². The number of ether oxygens (including phenoxy) is 1. The molecule has 1 atom stereocenters. The number of carbonyl (C=O) groups excluding carboxylic acids is 1. The minimum absolute atomic E-state index is 0.0286. The Morgan fingerprint density at radius 1 is 1.17 bits per heavy atom. The standard InChI is InChI=1S/C21H13ClN2O4S/c1-27-13-5-2-11(3-6-13)17-16-18(25)14-10-12(22)4-7-15(14)28-19(16)20(26)24(17)21-23-8-9-29-21/h2-10,17H,1H3. The Balaban J connectivity index is 1.80. The number of anilines is 1. The maximum atomic E-state index is 13.4. The molecular weight excluding hydrogens is 412 g/mol. The molecule has 144 valence electrons. The summed E-state index contributed by atoms with van der Waals surface area (Å²) < 4.78 is 11.1. The highest BCUT2D eigenvalue weighted by Crippen LogP contribution is 2.42. The van der Waals surface area contributed by atoms with E-state index in [0.29, 0.717) is 26.9 Å². The molecule has 1 aliphatic rings. The average molecular weight is 425 g/mol. The molecule has 5 rings (SSSR count). The van der Waals surface area contributed by atoms with Crippen molar-refractivity contribution in [2.24, 2.45) is 0 Å². The van der Waals surface area contributed by atoms with E-state index in [9.17, 15) is 9.59 Å². The highest BCUT2D eigenvalue weighted by molar-refractivity contribution is 7.13. The molecular formula is C21H13ClN2O4S. The molecule has 1 aliphatic heterocycles. The van der Waals surface area contributed by atoms with Gasteiger partial charge in [-0.1, -0.05) is 23.7 Å². The number of aromatic nitrogens is 1. The molecule has 3 heterocycles. The molecule has 0 saturated heterocycles. The number of hydrogen-bond donors (Lipinski definition) is 0. The molecule has 0 radical (unpaired) electrons. The van der Waals surface area contributed by atoms with Crippen molar-refractivity contribution in [2.45, 2.75) is 6.04 Å². The van der Waals surface area contributed by atoms with Crippen molar-refractivity contribution in [3.05, 3.63) is 86.2 Å². The Bertz CT molecular complexity index is 1300. The van der Waals surface area contributed by atoms with Crippen LogP contribution in [0.5, 0.6) is 5.75 Å². The second-order valence-corrected chi connectivity index (χ2v) is 7.79. The van der Waals surface area contributed by atoms with Gasteiger partial charge in [0.05, 0.1) is 24.1 Å². The molecule has 2 aromatic carbocycles. The van der Waals surface area contributed by atoms with Crippen molar-refractivity contribution in [1.82, 2.24) is 4.98 Å². The minimum atomic E-state index is -0.658. The van der Waals surface area contributed by atoms with E-state index in [1.165, 1.54) is 16.2 Å². The van der Waals surface area contributed by atoms with Crippen molar-refractivity contribution < 1.29 is 13.9 Å². The lowest BCUT2D eigenvalue weighted by atomic mass is 9.98. The highest BCUT2D eigenvalue weighted by Gasteiger charge is 2.44. The van der Waals surface area contributed by atoms with Gasteiger partial charge in [-0.2, -0.15) is 0 Å². The van der Waals surface area contributed by atoms with Crippen LogP contribution in [0.2, 0.25) is 5.02 Å². The largest absolute Gasteiger partial charge is 0.497 e. The third kappa shape index (κ3) is 2.73. The third-order valence-electron chi connectivity index (χ3n) is 4.89. The van der Waals surface area contributed by atoms with Crippen molar-refractivity contribution in [2.75, 3.05) is 12.0 Å². The molecule has 2 aromatic heterocycles. The first-order valence-electron chi connectivity index (χ1n) is 8.71. The van der Waals surface area contributed by atoms with Gasteiger partial charge in [0.15, 0.2) is 10.6 Å². The van der Waals surface area contributed by atoms with Crippen molar-refractivity contribution in [3.63, 3.8) is 0 Å². The first-order valence-corrected chi connectivity index (χ1v) is 9.97. The number of methoxy groups -OCH3 is 1. The summed E-state index contributed by atoms with van der Waals surface area (Å²) >= 11 is 7.40. The molecule has 29 heavy (non-hydrogen) atoms. The maximum absolute atomic E-state index is 13.4. The smallest absolute Gasteiger partial charge is 0.297 e. The topological polar surface area (TPSA) is 72.6 Å². The maximum Gasteiger partial charge on any atom is 0.297 e. The van der Waals surface area contributed by atoms with Gasteiger partial charge in [-0.15, -0.1) is 11.3 Å². The zero-order valence-electron chi connectivity index (χ0n) is 15.1. The molecule has 0 fully saturated rings. The summed E-state index contributed by atoms with van der Waals surface area (Å²) in [5.41, 5.74) is 1.07. The van der Waals surface area contributed by atoms with Gasteiger partial charge in [0.2, 0.25) is 5.76 Å². The van der Waals surface area contributed by atoms with Gasteiger partial charge in [0.25, 0.3) is 5.91 Å². The predicted molar refractivity (Wildman–Crippen MR) is 111 cm³/mol. The Morgan fingerprint density at radius 3 is 2.66 bits per heavy atom. The van der Waals surface area contributed by atoms with Crippen LogP contribution in [0.25, 0.3) is 11.0 Å². The summed E-state index contributed by atoms with van der Waals surface area (Å²) in [6, 6.07) is 11.4. The summed E-state index contributed by atoms with van der Waals surface area (Å²) in [7, 11) is 1.58.